The average molecular weight is 247 g/mol. The van der Waals surface area contributed by atoms with Gasteiger partial charge in [0.1, 0.15) is 5.72 Å². The fraction of sp³-hybridized carbons (Fsp3) is 0.600. The van der Waals surface area contributed by atoms with Gasteiger partial charge >= 0.3 is 0 Å². The predicted octanol–water partition coefficient (Wildman–Crippen LogP) is 2.63. The molecule has 0 saturated carbocycles. The third kappa shape index (κ3) is 2.58. The maximum atomic E-state index is 6.05. The van der Waals surface area contributed by atoms with E-state index in [9.17, 15) is 0 Å². The molecule has 1 spiro atoms. The van der Waals surface area contributed by atoms with E-state index in [1.54, 1.807) is 0 Å². The Bertz CT molecular complexity index is 371. The monoisotopic (exact) mass is 247 g/mol. The molecule has 1 aromatic rings. The Balaban J connectivity index is 1.75. The van der Waals surface area contributed by atoms with Crippen LogP contribution in [0.1, 0.15) is 37.3 Å². The van der Waals surface area contributed by atoms with Gasteiger partial charge in [0.25, 0.3) is 0 Å². The summed E-state index contributed by atoms with van der Waals surface area (Å²) in [4.78, 5) is 0. The van der Waals surface area contributed by atoms with E-state index in [-0.39, 0.29) is 5.72 Å². The minimum absolute atomic E-state index is 0.157. The summed E-state index contributed by atoms with van der Waals surface area (Å²) in [6.07, 6.45) is 4.13. The third-order valence-corrected chi connectivity index (χ3v) is 3.94. The van der Waals surface area contributed by atoms with Crippen molar-refractivity contribution in [3.05, 3.63) is 35.9 Å². The lowest BCUT2D eigenvalue weighted by atomic mass is 9.96. The first-order chi connectivity index (χ1) is 8.88. The van der Waals surface area contributed by atoms with Gasteiger partial charge in [-0.05, 0) is 24.8 Å². The zero-order chi connectivity index (χ0) is 12.3. The second kappa shape index (κ2) is 5.39. The second-order valence-electron chi connectivity index (χ2n) is 5.20. The summed E-state index contributed by atoms with van der Waals surface area (Å²) in [5.74, 6) is 0. The van der Waals surface area contributed by atoms with Crippen LogP contribution in [0, 0.1) is 0 Å². The standard InChI is InChI=1S/C15H21NO2/c1-2-5-13(6-3-1)14-7-11-18-15(16-14)8-4-10-17-12-9-15/h1-3,5-6,14,16H,4,7-12H2. The molecule has 2 unspecified atom stereocenters. The van der Waals surface area contributed by atoms with Gasteiger partial charge in [-0.25, -0.2) is 0 Å². The Morgan fingerprint density at radius 2 is 1.94 bits per heavy atom. The molecule has 2 aliphatic heterocycles. The Hall–Kier alpha value is -0.900. The van der Waals surface area contributed by atoms with E-state index in [1.165, 1.54) is 5.56 Å². The van der Waals surface area contributed by atoms with Crippen LogP contribution in [0.25, 0.3) is 0 Å². The molecule has 1 aromatic carbocycles. The van der Waals surface area contributed by atoms with Gasteiger partial charge in [0.15, 0.2) is 0 Å². The maximum Gasteiger partial charge on any atom is 0.121 e. The summed E-state index contributed by atoms with van der Waals surface area (Å²) in [6.45, 7) is 2.50. The van der Waals surface area contributed by atoms with Crippen LogP contribution in [0.15, 0.2) is 30.3 Å². The molecule has 2 heterocycles. The van der Waals surface area contributed by atoms with Crippen molar-refractivity contribution in [3.63, 3.8) is 0 Å². The first-order valence-corrected chi connectivity index (χ1v) is 6.92. The third-order valence-electron chi connectivity index (χ3n) is 3.94. The van der Waals surface area contributed by atoms with Gasteiger partial charge in [0.2, 0.25) is 0 Å². The van der Waals surface area contributed by atoms with E-state index < -0.39 is 0 Å². The highest BCUT2D eigenvalue weighted by atomic mass is 16.5. The smallest absolute Gasteiger partial charge is 0.121 e. The molecule has 0 aliphatic carbocycles. The highest BCUT2D eigenvalue weighted by Crippen LogP contribution is 2.32. The van der Waals surface area contributed by atoms with Crippen LogP contribution in [-0.4, -0.2) is 25.5 Å². The molecule has 2 atom stereocenters. The molecular weight excluding hydrogens is 226 g/mol. The Morgan fingerprint density at radius 1 is 1.06 bits per heavy atom. The molecule has 98 valence electrons. The van der Waals surface area contributed by atoms with Gasteiger partial charge in [-0.15, -0.1) is 0 Å². The van der Waals surface area contributed by atoms with Gasteiger partial charge in [0, 0.05) is 19.1 Å². The van der Waals surface area contributed by atoms with Crippen molar-refractivity contribution in [3.8, 4) is 0 Å². The molecule has 2 saturated heterocycles. The van der Waals surface area contributed by atoms with Crippen LogP contribution < -0.4 is 5.32 Å². The minimum atomic E-state index is -0.157. The lowest BCUT2D eigenvalue weighted by Gasteiger charge is -2.42. The summed E-state index contributed by atoms with van der Waals surface area (Å²) in [7, 11) is 0. The van der Waals surface area contributed by atoms with E-state index in [0.717, 1.165) is 45.5 Å². The molecule has 2 fully saturated rings. The first kappa shape index (κ1) is 12.2. The largest absolute Gasteiger partial charge is 0.381 e. The molecule has 3 nitrogen and oxygen atoms in total. The van der Waals surface area contributed by atoms with Gasteiger partial charge in [-0.3, -0.25) is 5.32 Å². The molecule has 0 aromatic heterocycles. The Labute approximate surface area is 108 Å². The molecular formula is C15H21NO2. The van der Waals surface area contributed by atoms with Crippen molar-refractivity contribution in [2.24, 2.45) is 0 Å². The first-order valence-electron chi connectivity index (χ1n) is 6.92. The van der Waals surface area contributed by atoms with Crippen molar-refractivity contribution in [1.29, 1.82) is 0 Å². The number of ether oxygens (including phenoxy) is 2. The lowest BCUT2D eigenvalue weighted by molar-refractivity contribution is -0.121. The molecule has 3 rings (SSSR count). The lowest BCUT2D eigenvalue weighted by Crippen LogP contribution is -2.53. The molecule has 0 bridgehead atoms. The summed E-state index contributed by atoms with van der Waals surface area (Å²) in [6, 6.07) is 11.1. The molecule has 2 aliphatic rings. The summed E-state index contributed by atoms with van der Waals surface area (Å²) >= 11 is 0. The quantitative estimate of drug-likeness (QED) is 0.827. The van der Waals surface area contributed by atoms with Crippen molar-refractivity contribution in [1.82, 2.24) is 5.32 Å². The Morgan fingerprint density at radius 3 is 2.83 bits per heavy atom. The molecule has 18 heavy (non-hydrogen) atoms. The molecule has 0 radical (unpaired) electrons. The zero-order valence-corrected chi connectivity index (χ0v) is 10.7. The van der Waals surface area contributed by atoms with Crippen molar-refractivity contribution >= 4 is 0 Å². The van der Waals surface area contributed by atoms with Crippen LogP contribution in [0.5, 0.6) is 0 Å². The molecule has 3 heteroatoms. The summed E-state index contributed by atoms with van der Waals surface area (Å²) in [5, 5.41) is 3.72. The van der Waals surface area contributed by atoms with Crippen molar-refractivity contribution in [2.75, 3.05) is 19.8 Å². The highest BCUT2D eigenvalue weighted by molar-refractivity contribution is 5.19. The van der Waals surface area contributed by atoms with Crippen LogP contribution in [-0.2, 0) is 9.47 Å². The normalized spacial score (nSPS) is 33.2. The maximum absolute atomic E-state index is 6.05. The van der Waals surface area contributed by atoms with Gasteiger partial charge in [-0.1, -0.05) is 30.3 Å². The van der Waals surface area contributed by atoms with Crippen LogP contribution in [0.4, 0.5) is 0 Å². The molecule has 0 amide bonds. The SMILES string of the molecule is c1ccc(C2CCOC3(CCCOCC3)N2)cc1. The highest BCUT2D eigenvalue weighted by Gasteiger charge is 2.37. The summed E-state index contributed by atoms with van der Waals surface area (Å²) < 4.78 is 11.6. The van der Waals surface area contributed by atoms with Crippen molar-refractivity contribution < 1.29 is 9.47 Å². The number of hydrogen-bond donors (Lipinski definition) is 1. The Kier molecular flexibility index (Phi) is 3.64. The van der Waals surface area contributed by atoms with Gasteiger partial charge in [-0.2, -0.15) is 0 Å². The minimum Gasteiger partial charge on any atom is -0.381 e. The fourth-order valence-corrected chi connectivity index (χ4v) is 2.95. The van der Waals surface area contributed by atoms with E-state index >= 15 is 0 Å². The fourth-order valence-electron chi connectivity index (χ4n) is 2.95. The number of nitrogens with one attached hydrogen (secondary N) is 1. The average Bonchev–Trinajstić information content (AvgIpc) is 2.66. The zero-order valence-electron chi connectivity index (χ0n) is 10.7. The topological polar surface area (TPSA) is 30.5 Å². The van der Waals surface area contributed by atoms with Crippen LogP contribution in [0.3, 0.4) is 0 Å². The predicted molar refractivity (Wildman–Crippen MR) is 70.3 cm³/mol. The molecule has 1 N–H and O–H groups in total. The van der Waals surface area contributed by atoms with E-state index in [0.29, 0.717) is 6.04 Å². The van der Waals surface area contributed by atoms with Crippen LogP contribution >= 0.6 is 0 Å². The van der Waals surface area contributed by atoms with Crippen LogP contribution in [0.2, 0.25) is 0 Å². The number of hydrogen-bond acceptors (Lipinski definition) is 3. The number of benzene rings is 1. The van der Waals surface area contributed by atoms with E-state index in [1.807, 2.05) is 0 Å². The number of rotatable bonds is 1. The van der Waals surface area contributed by atoms with Crippen molar-refractivity contribution in [2.45, 2.75) is 37.5 Å². The van der Waals surface area contributed by atoms with E-state index in [2.05, 4.69) is 35.6 Å². The van der Waals surface area contributed by atoms with E-state index in [4.69, 9.17) is 9.47 Å². The van der Waals surface area contributed by atoms with Gasteiger partial charge in [0.05, 0.1) is 13.2 Å². The second-order valence-corrected chi connectivity index (χ2v) is 5.20. The van der Waals surface area contributed by atoms with Gasteiger partial charge < -0.3 is 9.47 Å². The summed E-state index contributed by atoms with van der Waals surface area (Å²) in [5.41, 5.74) is 1.21.